The SMILES string of the molecule is COc1ccc(C2=CC[C@H]3CCCCN3C2)cc1. The molecule has 2 nitrogen and oxygen atoms in total. The fraction of sp³-hybridized carbons (Fsp3) is 0.500. The molecular weight excluding hydrogens is 222 g/mol. The standard InChI is InChI=1S/C16H21NO/c1-18-16-9-6-13(7-10-16)14-5-8-15-4-2-3-11-17(15)12-14/h5-7,9-10,15H,2-4,8,11-12H2,1H3/t15-/m1/s1. The predicted molar refractivity (Wildman–Crippen MR) is 74.8 cm³/mol. The molecule has 0 unspecified atom stereocenters. The highest BCUT2D eigenvalue weighted by molar-refractivity contribution is 5.68. The maximum atomic E-state index is 5.21. The van der Waals surface area contributed by atoms with Crippen molar-refractivity contribution >= 4 is 5.57 Å². The smallest absolute Gasteiger partial charge is 0.118 e. The number of benzene rings is 1. The molecule has 1 aromatic carbocycles. The average molecular weight is 243 g/mol. The van der Waals surface area contributed by atoms with Gasteiger partial charge in [0.1, 0.15) is 5.75 Å². The van der Waals surface area contributed by atoms with Crippen LogP contribution in [0.4, 0.5) is 0 Å². The van der Waals surface area contributed by atoms with Gasteiger partial charge in [0, 0.05) is 12.6 Å². The van der Waals surface area contributed by atoms with E-state index in [4.69, 9.17) is 4.74 Å². The summed E-state index contributed by atoms with van der Waals surface area (Å²) in [4.78, 5) is 2.66. The van der Waals surface area contributed by atoms with Crippen LogP contribution in [0.25, 0.3) is 5.57 Å². The number of nitrogens with zero attached hydrogens (tertiary/aromatic N) is 1. The Hall–Kier alpha value is -1.28. The molecule has 0 aromatic heterocycles. The van der Waals surface area contributed by atoms with Gasteiger partial charge in [-0.25, -0.2) is 0 Å². The van der Waals surface area contributed by atoms with Gasteiger partial charge in [-0.15, -0.1) is 0 Å². The van der Waals surface area contributed by atoms with Crippen LogP contribution in [-0.4, -0.2) is 31.1 Å². The monoisotopic (exact) mass is 243 g/mol. The van der Waals surface area contributed by atoms with Crippen LogP contribution in [0, 0.1) is 0 Å². The fourth-order valence-electron chi connectivity index (χ4n) is 3.11. The normalized spacial score (nSPS) is 24.3. The molecule has 2 heteroatoms. The van der Waals surface area contributed by atoms with Gasteiger partial charge in [0.2, 0.25) is 0 Å². The van der Waals surface area contributed by atoms with E-state index in [0.717, 1.165) is 18.3 Å². The van der Waals surface area contributed by atoms with Crippen molar-refractivity contribution in [1.29, 1.82) is 0 Å². The minimum Gasteiger partial charge on any atom is -0.497 e. The molecule has 1 aromatic rings. The van der Waals surface area contributed by atoms with Crippen LogP contribution >= 0.6 is 0 Å². The Morgan fingerprint density at radius 2 is 2.00 bits per heavy atom. The van der Waals surface area contributed by atoms with E-state index in [2.05, 4.69) is 35.2 Å². The van der Waals surface area contributed by atoms with Crippen molar-refractivity contribution in [2.75, 3.05) is 20.2 Å². The van der Waals surface area contributed by atoms with Crippen LogP contribution < -0.4 is 4.74 Å². The van der Waals surface area contributed by atoms with Crippen molar-refractivity contribution in [3.8, 4) is 5.75 Å². The summed E-state index contributed by atoms with van der Waals surface area (Å²) >= 11 is 0. The second kappa shape index (κ2) is 5.15. The van der Waals surface area contributed by atoms with Crippen molar-refractivity contribution in [2.45, 2.75) is 31.7 Å². The highest BCUT2D eigenvalue weighted by Crippen LogP contribution is 2.30. The van der Waals surface area contributed by atoms with Gasteiger partial charge in [-0.3, -0.25) is 4.90 Å². The summed E-state index contributed by atoms with van der Waals surface area (Å²) in [5.41, 5.74) is 2.83. The van der Waals surface area contributed by atoms with E-state index < -0.39 is 0 Å². The topological polar surface area (TPSA) is 12.5 Å². The molecule has 0 amide bonds. The largest absolute Gasteiger partial charge is 0.497 e. The number of hydrogen-bond acceptors (Lipinski definition) is 2. The summed E-state index contributed by atoms with van der Waals surface area (Å²) in [5, 5.41) is 0. The number of rotatable bonds is 2. The molecule has 0 radical (unpaired) electrons. The Balaban J connectivity index is 1.77. The lowest BCUT2D eigenvalue weighted by Crippen LogP contribution is -2.42. The van der Waals surface area contributed by atoms with Gasteiger partial charge in [-0.1, -0.05) is 24.6 Å². The zero-order valence-corrected chi connectivity index (χ0v) is 11.1. The fourth-order valence-corrected chi connectivity index (χ4v) is 3.11. The van der Waals surface area contributed by atoms with E-state index in [9.17, 15) is 0 Å². The van der Waals surface area contributed by atoms with Gasteiger partial charge in [-0.2, -0.15) is 0 Å². The lowest BCUT2D eigenvalue weighted by Gasteiger charge is -2.39. The predicted octanol–water partition coefficient (Wildman–Crippen LogP) is 3.34. The third kappa shape index (κ3) is 2.30. The minimum atomic E-state index is 0.806. The first-order valence-corrected chi connectivity index (χ1v) is 6.94. The van der Waals surface area contributed by atoms with Crippen LogP contribution in [-0.2, 0) is 0 Å². The number of fused-ring (bicyclic) bond motifs is 1. The molecule has 0 N–H and O–H groups in total. The van der Waals surface area contributed by atoms with Gasteiger partial charge in [0.25, 0.3) is 0 Å². The van der Waals surface area contributed by atoms with Crippen LogP contribution in [0.15, 0.2) is 30.3 Å². The van der Waals surface area contributed by atoms with Crippen LogP contribution in [0.3, 0.4) is 0 Å². The first-order chi connectivity index (χ1) is 8.86. The Bertz CT molecular complexity index is 435. The van der Waals surface area contributed by atoms with Gasteiger partial charge in [-0.05, 0) is 49.1 Å². The second-order valence-corrected chi connectivity index (χ2v) is 5.31. The lowest BCUT2D eigenvalue weighted by molar-refractivity contribution is 0.162. The zero-order valence-electron chi connectivity index (χ0n) is 11.1. The van der Waals surface area contributed by atoms with E-state index in [1.165, 1.54) is 43.4 Å². The quantitative estimate of drug-likeness (QED) is 0.790. The summed E-state index contributed by atoms with van der Waals surface area (Å²) in [6, 6.07) is 9.27. The highest BCUT2D eigenvalue weighted by atomic mass is 16.5. The molecule has 1 saturated heterocycles. The summed E-state index contributed by atoms with van der Waals surface area (Å²) in [6.45, 7) is 2.40. The van der Waals surface area contributed by atoms with Crippen molar-refractivity contribution in [1.82, 2.24) is 4.90 Å². The Labute approximate surface area is 109 Å². The molecule has 2 heterocycles. The molecule has 0 spiro atoms. The third-order valence-electron chi connectivity index (χ3n) is 4.22. The summed E-state index contributed by atoms with van der Waals surface area (Å²) in [7, 11) is 1.72. The first kappa shape index (κ1) is 11.8. The second-order valence-electron chi connectivity index (χ2n) is 5.31. The molecule has 96 valence electrons. The maximum absolute atomic E-state index is 5.21. The van der Waals surface area contributed by atoms with Gasteiger partial charge >= 0.3 is 0 Å². The van der Waals surface area contributed by atoms with E-state index >= 15 is 0 Å². The molecule has 3 rings (SSSR count). The number of piperidine rings is 1. The van der Waals surface area contributed by atoms with E-state index in [1.807, 2.05) is 0 Å². The Morgan fingerprint density at radius 3 is 2.78 bits per heavy atom. The number of methoxy groups -OCH3 is 1. The van der Waals surface area contributed by atoms with E-state index in [-0.39, 0.29) is 0 Å². The average Bonchev–Trinajstić information content (AvgIpc) is 2.47. The van der Waals surface area contributed by atoms with Crippen LogP contribution in [0.2, 0.25) is 0 Å². The molecule has 18 heavy (non-hydrogen) atoms. The molecular formula is C16H21NO. The molecule has 2 aliphatic heterocycles. The van der Waals surface area contributed by atoms with Crippen LogP contribution in [0.5, 0.6) is 5.75 Å². The molecule has 1 atom stereocenters. The summed E-state index contributed by atoms with van der Waals surface area (Å²) < 4.78 is 5.21. The molecule has 0 bridgehead atoms. The van der Waals surface area contributed by atoms with Gasteiger partial charge in [0.05, 0.1) is 7.11 Å². The van der Waals surface area contributed by atoms with Gasteiger partial charge in [0.15, 0.2) is 0 Å². The van der Waals surface area contributed by atoms with E-state index in [0.29, 0.717) is 0 Å². The van der Waals surface area contributed by atoms with Crippen LogP contribution in [0.1, 0.15) is 31.2 Å². The highest BCUT2D eigenvalue weighted by Gasteiger charge is 2.25. The molecule has 1 fully saturated rings. The summed E-state index contributed by atoms with van der Waals surface area (Å²) in [5.74, 6) is 0.936. The first-order valence-electron chi connectivity index (χ1n) is 6.94. The minimum absolute atomic E-state index is 0.806. The summed E-state index contributed by atoms with van der Waals surface area (Å²) in [6.07, 6.45) is 7.82. The van der Waals surface area contributed by atoms with Crippen molar-refractivity contribution < 1.29 is 4.74 Å². The molecule has 2 aliphatic rings. The number of hydrogen-bond donors (Lipinski definition) is 0. The third-order valence-corrected chi connectivity index (χ3v) is 4.22. The Morgan fingerprint density at radius 1 is 1.17 bits per heavy atom. The van der Waals surface area contributed by atoms with Crippen molar-refractivity contribution in [3.05, 3.63) is 35.9 Å². The molecule has 0 saturated carbocycles. The molecule has 0 aliphatic carbocycles. The van der Waals surface area contributed by atoms with Gasteiger partial charge < -0.3 is 4.74 Å². The van der Waals surface area contributed by atoms with E-state index in [1.54, 1.807) is 7.11 Å². The maximum Gasteiger partial charge on any atom is 0.118 e. The Kier molecular flexibility index (Phi) is 3.37. The zero-order chi connectivity index (χ0) is 12.4. The van der Waals surface area contributed by atoms with Crippen molar-refractivity contribution in [2.24, 2.45) is 0 Å². The number of ether oxygens (including phenoxy) is 1. The van der Waals surface area contributed by atoms with Crippen molar-refractivity contribution in [3.63, 3.8) is 0 Å². The lowest BCUT2D eigenvalue weighted by atomic mass is 9.91.